The maximum atomic E-state index is 12.6. The summed E-state index contributed by atoms with van der Waals surface area (Å²) in [6.45, 7) is 0.946. The van der Waals surface area contributed by atoms with Crippen molar-refractivity contribution < 1.29 is 9.53 Å². The lowest BCUT2D eigenvalue weighted by atomic mass is 10.2. The standard InChI is InChI=1S/C23H21Cl2NO2S/c24-19-8-6-18(7-9-19)16-29-13-12-26-23(27)21-14-20(25)10-11-22(21)28-15-17-4-2-1-3-5-17/h1-11,14H,12-13,15-16H2,(H,26,27). The van der Waals surface area contributed by atoms with Crippen LogP contribution in [0.15, 0.2) is 72.8 Å². The van der Waals surface area contributed by atoms with Crippen LogP contribution in [0.3, 0.4) is 0 Å². The highest BCUT2D eigenvalue weighted by atomic mass is 35.5. The van der Waals surface area contributed by atoms with E-state index in [0.29, 0.717) is 29.5 Å². The lowest BCUT2D eigenvalue weighted by Gasteiger charge is -2.12. The Labute approximate surface area is 185 Å². The van der Waals surface area contributed by atoms with E-state index in [1.165, 1.54) is 5.56 Å². The van der Waals surface area contributed by atoms with Gasteiger partial charge in [0.15, 0.2) is 0 Å². The molecule has 0 aromatic heterocycles. The minimum atomic E-state index is -0.192. The third-order valence-electron chi connectivity index (χ3n) is 4.14. The zero-order valence-corrected chi connectivity index (χ0v) is 18.1. The van der Waals surface area contributed by atoms with E-state index in [9.17, 15) is 4.79 Å². The second-order valence-electron chi connectivity index (χ2n) is 6.35. The molecule has 0 unspecified atom stereocenters. The number of nitrogens with one attached hydrogen (secondary N) is 1. The van der Waals surface area contributed by atoms with Gasteiger partial charge in [-0.15, -0.1) is 0 Å². The van der Waals surface area contributed by atoms with Gasteiger partial charge < -0.3 is 10.1 Å². The molecule has 150 valence electrons. The van der Waals surface area contributed by atoms with E-state index >= 15 is 0 Å². The molecule has 29 heavy (non-hydrogen) atoms. The molecule has 0 aliphatic rings. The van der Waals surface area contributed by atoms with Crippen LogP contribution in [0.25, 0.3) is 0 Å². The van der Waals surface area contributed by atoms with Crippen molar-refractivity contribution in [3.63, 3.8) is 0 Å². The predicted octanol–water partition coefficient (Wildman–Crippen LogP) is 6.24. The van der Waals surface area contributed by atoms with Gasteiger partial charge in [-0.25, -0.2) is 0 Å². The van der Waals surface area contributed by atoms with Crippen LogP contribution < -0.4 is 10.1 Å². The van der Waals surface area contributed by atoms with Gasteiger partial charge in [0.25, 0.3) is 5.91 Å². The number of rotatable bonds is 9. The van der Waals surface area contributed by atoms with Crippen LogP contribution in [0.2, 0.25) is 10.0 Å². The van der Waals surface area contributed by atoms with E-state index in [1.807, 2.05) is 54.6 Å². The number of hydrogen-bond donors (Lipinski definition) is 1. The molecule has 0 aliphatic heterocycles. The Morgan fingerprint density at radius 3 is 2.38 bits per heavy atom. The lowest BCUT2D eigenvalue weighted by Crippen LogP contribution is -2.26. The molecule has 0 spiro atoms. The van der Waals surface area contributed by atoms with Gasteiger partial charge in [-0.05, 0) is 41.5 Å². The molecule has 0 heterocycles. The fourth-order valence-electron chi connectivity index (χ4n) is 2.64. The van der Waals surface area contributed by atoms with Crippen LogP contribution in [0.4, 0.5) is 0 Å². The van der Waals surface area contributed by atoms with Crippen molar-refractivity contribution in [3.05, 3.63) is 99.5 Å². The van der Waals surface area contributed by atoms with E-state index in [1.54, 1.807) is 30.0 Å². The Balaban J connectivity index is 1.50. The summed E-state index contributed by atoms with van der Waals surface area (Å²) in [7, 11) is 0. The molecule has 0 saturated carbocycles. The third kappa shape index (κ3) is 7.00. The summed E-state index contributed by atoms with van der Waals surface area (Å²) in [6.07, 6.45) is 0. The first-order valence-electron chi connectivity index (χ1n) is 9.18. The summed E-state index contributed by atoms with van der Waals surface area (Å²) in [4.78, 5) is 12.6. The van der Waals surface area contributed by atoms with Gasteiger partial charge in [0, 0.05) is 28.1 Å². The first-order chi connectivity index (χ1) is 14.1. The Morgan fingerprint density at radius 2 is 1.62 bits per heavy atom. The summed E-state index contributed by atoms with van der Waals surface area (Å²) in [5.41, 5.74) is 2.68. The molecule has 3 aromatic carbocycles. The summed E-state index contributed by atoms with van der Waals surface area (Å²) < 4.78 is 5.86. The molecular formula is C23H21Cl2NO2S. The normalized spacial score (nSPS) is 10.6. The molecule has 3 nitrogen and oxygen atoms in total. The Kier molecular flexibility index (Phi) is 8.29. The molecule has 3 aromatic rings. The van der Waals surface area contributed by atoms with Crippen LogP contribution in [0, 0.1) is 0 Å². The fourth-order valence-corrected chi connectivity index (χ4v) is 3.76. The highest BCUT2D eigenvalue weighted by Crippen LogP contribution is 2.24. The summed E-state index contributed by atoms with van der Waals surface area (Å²) >= 11 is 13.7. The topological polar surface area (TPSA) is 38.3 Å². The van der Waals surface area contributed by atoms with Crippen molar-refractivity contribution in [1.29, 1.82) is 0 Å². The largest absolute Gasteiger partial charge is 0.488 e. The van der Waals surface area contributed by atoms with Crippen LogP contribution in [-0.4, -0.2) is 18.2 Å². The molecule has 0 aliphatic carbocycles. The molecule has 0 fully saturated rings. The first kappa shape index (κ1) is 21.6. The first-order valence-corrected chi connectivity index (χ1v) is 11.1. The van der Waals surface area contributed by atoms with E-state index in [0.717, 1.165) is 22.1 Å². The van der Waals surface area contributed by atoms with E-state index in [4.69, 9.17) is 27.9 Å². The molecule has 1 amide bonds. The Morgan fingerprint density at radius 1 is 0.897 bits per heavy atom. The van der Waals surface area contributed by atoms with Crippen LogP contribution in [0.1, 0.15) is 21.5 Å². The maximum Gasteiger partial charge on any atom is 0.255 e. The van der Waals surface area contributed by atoms with Crippen molar-refractivity contribution in [3.8, 4) is 5.75 Å². The molecule has 6 heteroatoms. The van der Waals surface area contributed by atoms with Crippen molar-refractivity contribution in [2.24, 2.45) is 0 Å². The molecule has 3 rings (SSSR count). The fraction of sp³-hybridized carbons (Fsp3) is 0.174. The molecular weight excluding hydrogens is 425 g/mol. The van der Waals surface area contributed by atoms with E-state index in [2.05, 4.69) is 5.32 Å². The number of halogens is 2. The zero-order valence-electron chi connectivity index (χ0n) is 15.7. The number of carbonyl (C=O) groups is 1. The number of hydrogen-bond acceptors (Lipinski definition) is 3. The summed E-state index contributed by atoms with van der Waals surface area (Å²) in [5.74, 6) is 2.00. The van der Waals surface area contributed by atoms with Crippen molar-refractivity contribution in [2.75, 3.05) is 12.3 Å². The minimum absolute atomic E-state index is 0.192. The van der Waals surface area contributed by atoms with Crippen molar-refractivity contribution >= 4 is 40.9 Å². The summed E-state index contributed by atoms with van der Waals surface area (Å²) in [5, 5.41) is 4.17. The molecule has 0 bridgehead atoms. The molecule has 0 saturated heterocycles. The molecule has 0 atom stereocenters. The van der Waals surface area contributed by atoms with E-state index < -0.39 is 0 Å². The molecule has 1 N–H and O–H groups in total. The third-order valence-corrected chi connectivity index (χ3v) is 5.65. The van der Waals surface area contributed by atoms with Crippen LogP contribution >= 0.6 is 35.0 Å². The van der Waals surface area contributed by atoms with Gasteiger partial charge in [-0.1, -0.05) is 65.7 Å². The number of benzene rings is 3. The average molecular weight is 446 g/mol. The van der Waals surface area contributed by atoms with Gasteiger partial charge >= 0.3 is 0 Å². The smallest absolute Gasteiger partial charge is 0.255 e. The van der Waals surface area contributed by atoms with Crippen molar-refractivity contribution in [2.45, 2.75) is 12.4 Å². The van der Waals surface area contributed by atoms with E-state index in [-0.39, 0.29) is 5.91 Å². The van der Waals surface area contributed by atoms with Crippen LogP contribution in [-0.2, 0) is 12.4 Å². The number of carbonyl (C=O) groups excluding carboxylic acids is 1. The highest BCUT2D eigenvalue weighted by molar-refractivity contribution is 7.98. The predicted molar refractivity (Wildman–Crippen MR) is 122 cm³/mol. The zero-order chi connectivity index (χ0) is 20.5. The summed E-state index contributed by atoms with van der Waals surface area (Å²) in [6, 6.07) is 22.7. The Hall–Kier alpha value is -2.14. The number of thioether (sulfide) groups is 1. The average Bonchev–Trinajstić information content (AvgIpc) is 2.74. The van der Waals surface area contributed by atoms with Crippen molar-refractivity contribution in [1.82, 2.24) is 5.32 Å². The van der Waals surface area contributed by atoms with Gasteiger partial charge in [-0.3, -0.25) is 4.79 Å². The van der Waals surface area contributed by atoms with Crippen LogP contribution in [0.5, 0.6) is 5.75 Å². The van der Waals surface area contributed by atoms with Gasteiger partial charge in [0.2, 0.25) is 0 Å². The minimum Gasteiger partial charge on any atom is -0.488 e. The Bertz CT molecular complexity index is 933. The van der Waals surface area contributed by atoms with Gasteiger partial charge in [0.05, 0.1) is 5.56 Å². The quantitative estimate of drug-likeness (QED) is 0.396. The maximum absolute atomic E-state index is 12.6. The van der Waals surface area contributed by atoms with Gasteiger partial charge in [0.1, 0.15) is 12.4 Å². The SMILES string of the molecule is O=C(NCCSCc1ccc(Cl)cc1)c1cc(Cl)ccc1OCc1ccccc1. The second kappa shape index (κ2) is 11.1. The monoisotopic (exact) mass is 445 g/mol. The lowest BCUT2D eigenvalue weighted by molar-refractivity contribution is 0.0951. The molecule has 0 radical (unpaired) electrons. The van der Waals surface area contributed by atoms with Gasteiger partial charge in [-0.2, -0.15) is 11.8 Å². The highest BCUT2D eigenvalue weighted by Gasteiger charge is 2.13. The number of ether oxygens (including phenoxy) is 1. The second-order valence-corrected chi connectivity index (χ2v) is 8.33. The number of amides is 1.